The van der Waals surface area contributed by atoms with E-state index in [0.29, 0.717) is 13.2 Å². The molecule has 100 valence electrons. The maximum absolute atomic E-state index is 13.1. The first-order valence-corrected chi connectivity index (χ1v) is 5.38. The molecule has 1 atom stereocenters. The van der Waals surface area contributed by atoms with Gasteiger partial charge in [-0.1, -0.05) is 0 Å². The van der Waals surface area contributed by atoms with Crippen LogP contribution in [0, 0.1) is 5.82 Å². The molecule has 18 heavy (non-hydrogen) atoms. The van der Waals surface area contributed by atoms with Crippen LogP contribution in [0.4, 0.5) is 4.39 Å². The number of ether oxygens (including phenoxy) is 2. The Kier molecular flexibility index (Phi) is 5.54. The lowest BCUT2D eigenvalue weighted by atomic mass is 10.1. The molecule has 6 heteroatoms. The Morgan fingerprint density at radius 1 is 1.50 bits per heavy atom. The van der Waals surface area contributed by atoms with Crippen molar-refractivity contribution in [3.05, 3.63) is 29.6 Å². The molecular formula is C12H16FNO4. The van der Waals surface area contributed by atoms with Crippen molar-refractivity contribution in [3.63, 3.8) is 0 Å². The van der Waals surface area contributed by atoms with E-state index < -0.39 is 17.8 Å². The first-order chi connectivity index (χ1) is 8.60. The summed E-state index contributed by atoms with van der Waals surface area (Å²) in [4.78, 5) is 11.6. The highest BCUT2D eigenvalue weighted by atomic mass is 19.1. The van der Waals surface area contributed by atoms with Gasteiger partial charge in [0.2, 0.25) is 0 Å². The molecule has 0 saturated carbocycles. The summed E-state index contributed by atoms with van der Waals surface area (Å²) in [7, 11) is 2.75. The van der Waals surface area contributed by atoms with Gasteiger partial charge in [-0.05, 0) is 18.2 Å². The highest BCUT2D eigenvalue weighted by molar-refractivity contribution is 5.78. The van der Waals surface area contributed by atoms with Gasteiger partial charge < -0.3 is 14.6 Å². The monoisotopic (exact) mass is 257 g/mol. The first-order valence-electron chi connectivity index (χ1n) is 5.38. The Hall–Kier alpha value is -1.66. The van der Waals surface area contributed by atoms with Crippen LogP contribution >= 0.6 is 0 Å². The summed E-state index contributed by atoms with van der Waals surface area (Å²) in [6, 6.07) is 2.47. The van der Waals surface area contributed by atoms with Crippen molar-refractivity contribution in [1.29, 1.82) is 0 Å². The maximum Gasteiger partial charge on any atom is 0.327 e. The van der Waals surface area contributed by atoms with Gasteiger partial charge in [-0.3, -0.25) is 5.32 Å². The van der Waals surface area contributed by atoms with Gasteiger partial charge in [-0.25, -0.2) is 9.18 Å². The highest BCUT2D eigenvalue weighted by Crippen LogP contribution is 2.25. The number of rotatable bonds is 6. The summed E-state index contributed by atoms with van der Waals surface area (Å²) in [6.45, 7) is 0.746. The van der Waals surface area contributed by atoms with Crippen LogP contribution in [-0.2, 0) is 14.3 Å². The second kappa shape index (κ2) is 6.93. The average Bonchev–Trinajstić information content (AvgIpc) is 2.37. The molecule has 0 aromatic heterocycles. The van der Waals surface area contributed by atoms with Crippen molar-refractivity contribution in [2.24, 2.45) is 0 Å². The van der Waals surface area contributed by atoms with Crippen LogP contribution < -0.4 is 5.32 Å². The molecule has 1 rings (SSSR count). The van der Waals surface area contributed by atoms with Gasteiger partial charge in [-0.2, -0.15) is 0 Å². The molecule has 1 aromatic rings. The number of halogens is 1. The van der Waals surface area contributed by atoms with E-state index in [-0.39, 0.29) is 11.3 Å². The molecule has 2 N–H and O–H groups in total. The largest absolute Gasteiger partial charge is 0.508 e. The molecule has 1 unspecified atom stereocenters. The van der Waals surface area contributed by atoms with E-state index in [0.717, 1.165) is 12.1 Å². The molecule has 0 bridgehead atoms. The number of hydrogen-bond donors (Lipinski definition) is 2. The van der Waals surface area contributed by atoms with E-state index in [1.165, 1.54) is 20.3 Å². The van der Waals surface area contributed by atoms with Crippen molar-refractivity contribution in [2.45, 2.75) is 6.04 Å². The second-order valence-corrected chi connectivity index (χ2v) is 3.61. The first kappa shape index (κ1) is 14.4. The van der Waals surface area contributed by atoms with E-state index >= 15 is 0 Å². The number of phenolic OH excluding ortho intramolecular Hbond substituents is 1. The lowest BCUT2D eigenvalue weighted by Gasteiger charge is -2.17. The molecule has 0 saturated heterocycles. The molecule has 0 fully saturated rings. The maximum atomic E-state index is 13.1. The summed E-state index contributed by atoms with van der Waals surface area (Å²) in [5.41, 5.74) is 0.137. The van der Waals surface area contributed by atoms with Crippen LogP contribution in [0.25, 0.3) is 0 Å². The van der Waals surface area contributed by atoms with Gasteiger partial charge in [0.25, 0.3) is 0 Å². The third kappa shape index (κ3) is 3.68. The van der Waals surface area contributed by atoms with Gasteiger partial charge in [0.05, 0.1) is 13.7 Å². The van der Waals surface area contributed by atoms with Gasteiger partial charge in [0.15, 0.2) is 0 Å². The molecule has 0 aliphatic rings. The SMILES string of the molecule is COCCNC(C(=O)OC)c1cc(F)ccc1O. The van der Waals surface area contributed by atoms with Crippen molar-refractivity contribution in [1.82, 2.24) is 5.32 Å². The number of carbonyl (C=O) groups is 1. The predicted octanol–water partition coefficient (Wildman–Crippen LogP) is 0.981. The highest BCUT2D eigenvalue weighted by Gasteiger charge is 2.24. The van der Waals surface area contributed by atoms with E-state index in [1.54, 1.807) is 0 Å². The number of esters is 1. The minimum Gasteiger partial charge on any atom is -0.508 e. The number of methoxy groups -OCH3 is 2. The Labute approximate surface area is 105 Å². The lowest BCUT2D eigenvalue weighted by molar-refractivity contribution is -0.143. The van der Waals surface area contributed by atoms with Crippen molar-refractivity contribution >= 4 is 5.97 Å². The van der Waals surface area contributed by atoms with E-state index in [2.05, 4.69) is 10.1 Å². The van der Waals surface area contributed by atoms with Crippen molar-refractivity contribution < 1.29 is 23.8 Å². The van der Waals surface area contributed by atoms with Crippen LogP contribution in [0.5, 0.6) is 5.75 Å². The number of aromatic hydroxyl groups is 1. The summed E-state index contributed by atoms with van der Waals surface area (Å²) in [5, 5.41) is 12.5. The summed E-state index contributed by atoms with van der Waals surface area (Å²) in [5.74, 6) is -1.31. The zero-order valence-corrected chi connectivity index (χ0v) is 10.3. The smallest absolute Gasteiger partial charge is 0.327 e. The number of benzene rings is 1. The van der Waals surface area contributed by atoms with E-state index in [1.807, 2.05) is 0 Å². The van der Waals surface area contributed by atoms with Crippen LogP contribution in [0.1, 0.15) is 11.6 Å². The Morgan fingerprint density at radius 3 is 2.83 bits per heavy atom. The van der Waals surface area contributed by atoms with Crippen LogP contribution in [0.3, 0.4) is 0 Å². The Bertz CT molecular complexity index is 411. The lowest BCUT2D eigenvalue weighted by Crippen LogP contribution is -2.32. The van der Waals surface area contributed by atoms with Gasteiger partial charge in [0, 0.05) is 19.2 Å². The Balaban J connectivity index is 2.93. The number of carbonyl (C=O) groups excluding carboxylic acids is 1. The molecule has 0 aliphatic heterocycles. The van der Waals surface area contributed by atoms with Gasteiger partial charge >= 0.3 is 5.97 Å². The van der Waals surface area contributed by atoms with Crippen molar-refractivity contribution in [2.75, 3.05) is 27.4 Å². The quantitative estimate of drug-likeness (QED) is 0.587. The fraction of sp³-hybridized carbons (Fsp3) is 0.417. The zero-order valence-electron chi connectivity index (χ0n) is 10.3. The summed E-state index contributed by atoms with van der Waals surface area (Å²) in [6.07, 6.45) is 0. The Morgan fingerprint density at radius 2 is 2.22 bits per heavy atom. The van der Waals surface area contributed by atoms with Crippen LogP contribution in [0.15, 0.2) is 18.2 Å². The third-order valence-corrected chi connectivity index (χ3v) is 2.39. The number of hydrogen-bond acceptors (Lipinski definition) is 5. The second-order valence-electron chi connectivity index (χ2n) is 3.61. The molecule has 0 spiro atoms. The fourth-order valence-corrected chi connectivity index (χ4v) is 1.50. The molecule has 0 aliphatic carbocycles. The normalized spacial score (nSPS) is 12.2. The van der Waals surface area contributed by atoms with Crippen molar-refractivity contribution in [3.8, 4) is 5.75 Å². The summed E-state index contributed by atoms with van der Waals surface area (Å²) < 4.78 is 22.6. The predicted molar refractivity (Wildman–Crippen MR) is 62.7 cm³/mol. The molecule has 5 nitrogen and oxygen atoms in total. The van der Waals surface area contributed by atoms with E-state index in [4.69, 9.17) is 4.74 Å². The zero-order chi connectivity index (χ0) is 13.5. The molecule has 0 heterocycles. The fourth-order valence-electron chi connectivity index (χ4n) is 1.50. The standard InChI is InChI=1S/C12H16FNO4/c1-17-6-5-14-11(12(16)18-2)9-7-8(13)3-4-10(9)15/h3-4,7,11,14-15H,5-6H2,1-2H3. The minimum atomic E-state index is -0.930. The number of phenols is 1. The molecule has 0 amide bonds. The molecule has 0 radical (unpaired) electrons. The average molecular weight is 257 g/mol. The minimum absolute atomic E-state index is 0.137. The summed E-state index contributed by atoms with van der Waals surface area (Å²) >= 11 is 0. The van der Waals surface area contributed by atoms with Gasteiger partial charge in [0.1, 0.15) is 17.6 Å². The molecular weight excluding hydrogens is 241 g/mol. The van der Waals surface area contributed by atoms with E-state index in [9.17, 15) is 14.3 Å². The van der Waals surface area contributed by atoms with Gasteiger partial charge in [-0.15, -0.1) is 0 Å². The van der Waals surface area contributed by atoms with Crippen LogP contribution in [-0.4, -0.2) is 38.4 Å². The van der Waals surface area contributed by atoms with Crippen LogP contribution in [0.2, 0.25) is 0 Å². The number of nitrogens with one attached hydrogen (secondary N) is 1. The molecule has 1 aromatic carbocycles. The third-order valence-electron chi connectivity index (χ3n) is 2.39. The topological polar surface area (TPSA) is 67.8 Å².